The summed E-state index contributed by atoms with van der Waals surface area (Å²) in [6, 6.07) is 7.59. The van der Waals surface area contributed by atoms with Crippen molar-refractivity contribution in [1.29, 1.82) is 0 Å². The highest BCUT2D eigenvalue weighted by atomic mass is 35.5. The maximum atomic E-state index is 12.9. The van der Waals surface area contributed by atoms with Crippen LogP contribution >= 0.6 is 11.6 Å². The molecule has 1 N–H and O–H groups in total. The lowest BCUT2D eigenvalue weighted by Gasteiger charge is -2.29. The van der Waals surface area contributed by atoms with Crippen LogP contribution in [0.4, 0.5) is 0 Å². The molecule has 1 aliphatic heterocycles. The van der Waals surface area contributed by atoms with Gasteiger partial charge in [0.1, 0.15) is 0 Å². The number of carbonyl (C=O) groups excluding carboxylic acids is 1. The molecule has 0 radical (unpaired) electrons. The molecule has 1 aromatic carbocycles. The molecule has 3 rings (SSSR count). The molecule has 0 spiro atoms. The zero-order valence-electron chi connectivity index (χ0n) is 11.7. The molecule has 20 heavy (non-hydrogen) atoms. The molecule has 3 nitrogen and oxygen atoms in total. The highest BCUT2D eigenvalue weighted by Crippen LogP contribution is 2.50. The molecule has 0 bridgehead atoms. The van der Waals surface area contributed by atoms with Crippen molar-refractivity contribution in [2.45, 2.75) is 37.6 Å². The molecular formula is C16H20ClNO2. The van der Waals surface area contributed by atoms with Gasteiger partial charge >= 0.3 is 0 Å². The molecule has 2 fully saturated rings. The summed E-state index contributed by atoms with van der Waals surface area (Å²) in [6.07, 6.45) is 2.78. The minimum absolute atomic E-state index is 0.0210. The van der Waals surface area contributed by atoms with Gasteiger partial charge in [0.2, 0.25) is 5.91 Å². The van der Waals surface area contributed by atoms with Gasteiger partial charge in [-0.3, -0.25) is 4.79 Å². The normalized spacial score (nSPS) is 27.6. The van der Waals surface area contributed by atoms with Crippen molar-refractivity contribution in [2.75, 3.05) is 13.2 Å². The standard InChI is InChI=1S/C16H20ClNO2/c1-11-6-9-18(14(11)10-19)15(20)16(7-8-16)12-2-4-13(17)5-3-12/h2-5,11,14,19H,6-10H2,1H3. The number of halogens is 1. The van der Waals surface area contributed by atoms with Crippen molar-refractivity contribution >= 4 is 17.5 Å². The zero-order chi connectivity index (χ0) is 14.3. The van der Waals surface area contributed by atoms with Gasteiger partial charge in [0, 0.05) is 11.6 Å². The maximum Gasteiger partial charge on any atom is 0.233 e. The average molecular weight is 294 g/mol. The Hall–Kier alpha value is -1.06. The number of benzene rings is 1. The monoisotopic (exact) mass is 293 g/mol. The molecule has 4 heteroatoms. The van der Waals surface area contributed by atoms with E-state index in [4.69, 9.17) is 11.6 Å². The SMILES string of the molecule is CC1CCN(C(=O)C2(c3ccc(Cl)cc3)CC2)C1CO. The van der Waals surface area contributed by atoms with Crippen LogP contribution in [-0.2, 0) is 10.2 Å². The Bertz CT molecular complexity index is 510. The summed E-state index contributed by atoms with van der Waals surface area (Å²) in [5, 5.41) is 10.2. The fraction of sp³-hybridized carbons (Fsp3) is 0.562. The van der Waals surface area contributed by atoms with Crippen molar-refractivity contribution in [3.8, 4) is 0 Å². The lowest BCUT2D eigenvalue weighted by atomic mass is 9.93. The van der Waals surface area contributed by atoms with Crippen molar-refractivity contribution < 1.29 is 9.90 Å². The quantitative estimate of drug-likeness (QED) is 0.930. The highest BCUT2D eigenvalue weighted by Gasteiger charge is 2.54. The number of likely N-dealkylation sites (tertiary alicyclic amines) is 1. The summed E-state index contributed by atoms with van der Waals surface area (Å²) in [7, 11) is 0. The van der Waals surface area contributed by atoms with Crippen molar-refractivity contribution in [2.24, 2.45) is 5.92 Å². The van der Waals surface area contributed by atoms with E-state index in [1.165, 1.54) is 0 Å². The molecule has 1 saturated heterocycles. The number of rotatable bonds is 3. The summed E-state index contributed by atoms with van der Waals surface area (Å²) < 4.78 is 0. The maximum absolute atomic E-state index is 12.9. The number of carbonyl (C=O) groups is 1. The third-order valence-corrected chi connectivity index (χ3v) is 5.14. The van der Waals surface area contributed by atoms with Crippen LogP contribution in [-0.4, -0.2) is 35.1 Å². The smallest absolute Gasteiger partial charge is 0.233 e. The first kappa shape index (κ1) is 13.9. The van der Waals surface area contributed by atoms with Gasteiger partial charge in [-0.25, -0.2) is 0 Å². The lowest BCUT2D eigenvalue weighted by molar-refractivity contribution is -0.135. The molecule has 2 atom stereocenters. The van der Waals surface area contributed by atoms with Crippen LogP contribution in [0.25, 0.3) is 0 Å². The zero-order valence-corrected chi connectivity index (χ0v) is 12.4. The molecule has 1 aromatic rings. The van der Waals surface area contributed by atoms with Gasteiger partial charge in [-0.1, -0.05) is 30.7 Å². The van der Waals surface area contributed by atoms with E-state index < -0.39 is 0 Å². The van der Waals surface area contributed by atoms with Crippen LogP contribution in [0, 0.1) is 5.92 Å². The van der Waals surface area contributed by atoms with E-state index in [9.17, 15) is 9.90 Å². The van der Waals surface area contributed by atoms with Crippen molar-refractivity contribution in [1.82, 2.24) is 4.90 Å². The van der Waals surface area contributed by atoms with Gasteiger partial charge in [-0.15, -0.1) is 0 Å². The Labute approximate surface area is 124 Å². The number of hydrogen-bond acceptors (Lipinski definition) is 2. The molecule has 1 amide bonds. The second-order valence-electron chi connectivity index (χ2n) is 6.10. The van der Waals surface area contributed by atoms with Crippen molar-refractivity contribution in [3.05, 3.63) is 34.9 Å². The summed E-state index contributed by atoms with van der Waals surface area (Å²) in [6.45, 7) is 2.93. The predicted octanol–water partition coefficient (Wildman–Crippen LogP) is 2.60. The number of amides is 1. The number of aliphatic hydroxyl groups is 1. The minimum atomic E-state index is -0.359. The van der Waals surface area contributed by atoms with E-state index in [0.29, 0.717) is 10.9 Å². The minimum Gasteiger partial charge on any atom is -0.394 e. The molecule has 0 aromatic heterocycles. The van der Waals surface area contributed by atoms with E-state index in [-0.39, 0.29) is 24.0 Å². The summed E-state index contributed by atoms with van der Waals surface area (Å²) in [4.78, 5) is 14.8. The Morgan fingerprint density at radius 1 is 1.40 bits per heavy atom. The first-order valence-electron chi connectivity index (χ1n) is 7.26. The van der Waals surface area contributed by atoms with Crippen LogP contribution in [0.5, 0.6) is 0 Å². The van der Waals surface area contributed by atoms with E-state index in [1.54, 1.807) is 0 Å². The van der Waals surface area contributed by atoms with Crippen LogP contribution in [0.1, 0.15) is 31.7 Å². The fourth-order valence-corrected chi connectivity index (χ4v) is 3.46. The Morgan fingerprint density at radius 2 is 2.05 bits per heavy atom. The Kier molecular flexibility index (Phi) is 3.51. The van der Waals surface area contributed by atoms with Gasteiger partial charge in [-0.05, 0) is 42.9 Å². The number of hydrogen-bond donors (Lipinski definition) is 1. The first-order chi connectivity index (χ1) is 9.58. The van der Waals surface area contributed by atoms with E-state index >= 15 is 0 Å². The molecule has 1 aliphatic carbocycles. The third kappa shape index (κ3) is 2.13. The third-order valence-electron chi connectivity index (χ3n) is 4.89. The fourth-order valence-electron chi connectivity index (χ4n) is 3.33. The van der Waals surface area contributed by atoms with E-state index in [1.807, 2.05) is 29.2 Å². The number of nitrogens with zero attached hydrogens (tertiary/aromatic N) is 1. The molecule has 2 aliphatic rings. The highest BCUT2D eigenvalue weighted by molar-refractivity contribution is 6.30. The summed E-state index contributed by atoms with van der Waals surface area (Å²) in [5.41, 5.74) is 0.699. The Balaban J connectivity index is 1.85. The van der Waals surface area contributed by atoms with Gasteiger partial charge < -0.3 is 10.0 Å². The van der Waals surface area contributed by atoms with E-state index in [0.717, 1.165) is 31.4 Å². The molecule has 108 valence electrons. The lowest BCUT2D eigenvalue weighted by Crippen LogP contribution is -2.45. The van der Waals surface area contributed by atoms with Crippen LogP contribution in [0.3, 0.4) is 0 Å². The van der Waals surface area contributed by atoms with E-state index in [2.05, 4.69) is 6.92 Å². The summed E-state index contributed by atoms with van der Waals surface area (Å²) >= 11 is 5.93. The van der Waals surface area contributed by atoms with Crippen LogP contribution < -0.4 is 0 Å². The summed E-state index contributed by atoms with van der Waals surface area (Å²) in [5.74, 6) is 0.563. The molecular weight excluding hydrogens is 274 g/mol. The Morgan fingerprint density at radius 3 is 2.60 bits per heavy atom. The van der Waals surface area contributed by atoms with Crippen molar-refractivity contribution in [3.63, 3.8) is 0 Å². The van der Waals surface area contributed by atoms with Crippen LogP contribution in [0.2, 0.25) is 5.02 Å². The van der Waals surface area contributed by atoms with Gasteiger partial charge in [0.05, 0.1) is 18.1 Å². The topological polar surface area (TPSA) is 40.5 Å². The first-order valence-corrected chi connectivity index (χ1v) is 7.64. The second-order valence-corrected chi connectivity index (χ2v) is 6.54. The van der Waals surface area contributed by atoms with Gasteiger partial charge in [0.15, 0.2) is 0 Å². The van der Waals surface area contributed by atoms with Gasteiger partial charge in [-0.2, -0.15) is 0 Å². The number of aliphatic hydroxyl groups excluding tert-OH is 1. The van der Waals surface area contributed by atoms with Crippen LogP contribution in [0.15, 0.2) is 24.3 Å². The average Bonchev–Trinajstić information content (AvgIpc) is 3.17. The second kappa shape index (κ2) is 5.05. The predicted molar refractivity (Wildman–Crippen MR) is 78.7 cm³/mol. The molecule has 1 saturated carbocycles. The largest absolute Gasteiger partial charge is 0.394 e. The van der Waals surface area contributed by atoms with Gasteiger partial charge in [0.25, 0.3) is 0 Å². The molecule has 2 unspecified atom stereocenters. The molecule has 1 heterocycles.